The minimum atomic E-state index is 0.455. The van der Waals surface area contributed by atoms with Crippen LogP contribution in [0.5, 0.6) is 0 Å². The van der Waals surface area contributed by atoms with Gasteiger partial charge < -0.3 is 10.6 Å². The molecule has 1 aromatic heterocycles. The Kier molecular flexibility index (Phi) is 1.91. The fraction of sp³-hybridized carbons (Fsp3) is 0.375. The summed E-state index contributed by atoms with van der Waals surface area (Å²) in [7, 11) is 0. The molecule has 0 saturated heterocycles. The molecule has 6 nitrogen and oxygen atoms in total. The molecule has 0 atom stereocenters. The molecule has 7 heteroatoms. The van der Waals surface area contributed by atoms with Crippen LogP contribution in [0.1, 0.15) is 0 Å². The Morgan fingerprint density at radius 1 is 1.53 bits per heavy atom. The summed E-state index contributed by atoms with van der Waals surface area (Å²) in [6, 6.07) is 0. The third-order valence-corrected chi connectivity index (χ3v) is 3.28. The molecule has 1 aromatic rings. The highest BCUT2D eigenvalue weighted by molar-refractivity contribution is 8.16. The van der Waals surface area contributed by atoms with Crippen molar-refractivity contribution in [3.05, 3.63) is 17.3 Å². The maximum atomic E-state index is 5.50. The topological polar surface area (TPSA) is 72.3 Å². The summed E-state index contributed by atoms with van der Waals surface area (Å²) < 4.78 is 1.74. The van der Waals surface area contributed by atoms with E-state index in [0.29, 0.717) is 12.4 Å². The highest BCUT2D eigenvalue weighted by atomic mass is 32.2. The van der Waals surface area contributed by atoms with Gasteiger partial charge in [-0.3, -0.25) is 4.99 Å². The molecule has 3 heterocycles. The van der Waals surface area contributed by atoms with E-state index >= 15 is 0 Å². The minimum absolute atomic E-state index is 0.455. The van der Waals surface area contributed by atoms with Gasteiger partial charge in [0.25, 0.3) is 0 Å². The number of aliphatic imine (C=N–C) groups is 1. The second kappa shape index (κ2) is 3.27. The van der Waals surface area contributed by atoms with Crippen LogP contribution in [-0.4, -0.2) is 38.2 Å². The number of nitrogens with zero attached hydrogens (tertiary/aromatic N) is 5. The van der Waals surface area contributed by atoms with Crippen LogP contribution in [0.25, 0.3) is 0 Å². The zero-order valence-corrected chi connectivity index (χ0v) is 8.81. The Labute approximate surface area is 90.8 Å². The zero-order valence-electron chi connectivity index (χ0n) is 8.00. The number of amidine groups is 1. The number of anilines is 1. The number of hydrogen-bond acceptors (Lipinski definition) is 6. The predicted octanol–water partition coefficient (Wildman–Crippen LogP) is 0.120. The highest BCUT2D eigenvalue weighted by Gasteiger charge is 2.26. The normalized spacial score (nSPS) is 19.1. The third-order valence-electron chi connectivity index (χ3n) is 2.33. The van der Waals surface area contributed by atoms with Crippen molar-refractivity contribution in [3.63, 3.8) is 0 Å². The van der Waals surface area contributed by atoms with E-state index in [4.69, 9.17) is 5.73 Å². The molecule has 0 amide bonds. The van der Waals surface area contributed by atoms with E-state index in [2.05, 4.69) is 25.6 Å². The molecule has 0 bridgehead atoms. The standard InChI is InChI=1S/C8H10N6S/c9-7-4-13(12-11-7)3-6-5-15-8-10-1-2-14(6)8/h4-5H,1-3,9H2. The van der Waals surface area contributed by atoms with Crippen LogP contribution in [0.4, 0.5) is 5.82 Å². The summed E-state index contributed by atoms with van der Waals surface area (Å²) in [6.07, 6.45) is 1.73. The molecule has 0 saturated carbocycles. The van der Waals surface area contributed by atoms with Crippen LogP contribution in [0.2, 0.25) is 0 Å². The number of thioether (sulfide) groups is 1. The van der Waals surface area contributed by atoms with Crippen LogP contribution >= 0.6 is 11.8 Å². The maximum absolute atomic E-state index is 5.50. The van der Waals surface area contributed by atoms with Crippen LogP contribution in [0, 0.1) is 0 Å². The van der Waals surface area contributed by atoms with E-state index in [1.54, 1.807) is 22.6 Å². The largest absolute Gasteiger partial charge is 0.381 e. The quantitative estimate of drug-likeness (QED) is 0.769. The fourth-order valence-corrected chi connectivity index (χ4v) is 2.60. The average molecular weight is 222 g/mol. The van der Waals surface area contributed by atoms with Crippen molar-refractivity contribution in [2.45, 2.75) is 6.54 Å². The van der Waals surface area contributed by atoms with Gasteiger partial charge in [0, 0.05) is 17.6 Å². The summed E-state index contributed by atoms with van der Waals surface area (Å²) in [5.74, 6) is 0.455. The molecule has 0 fully saturated rings. The predicted molar refractivity (Wildman–Crippen MR) is 59.1 cm³/mol. The van der Waals surface area contributed by atoms with Crippen LogP contribution in [0.15, 0.2) is 22.3 Å². The lowest BCUT2D eigenvalue weighted by Crippen LogP contribution is -2.23. The van der Waals surface area contributed by atoms with Gasteiger partial charge >= 0.3 is 0 Å². The van der Waals surface area contributed by atoms with E-state index in [0.717, 1.165) is 18.3 Å². The molecule has 0 aliphatic carbocycles. The molecule has 15 heavy (non-hydrogen) atoms. The number of fused-ring (bicyclic) bond motifs is 1. The molecule has 3 rings (SSSR count). The van der Waals surface area contributed by atoms with Crippen molar-refractivity contribution >= 4 is 22.7 Å². The first-order valence-corrected chi connectivity index (χ1v) is 5.54. The Balaban J connectivity index is 1.77. The van der Waals surface area contributed by atoms with Gasteiger partial charge in [-0.05, 0) is 0 Å². The lowest BCUT2D eigenvalue weighted by atomic mass is 10.4. The van der Waals surface area contributed by atoms with E-state index < -0.39 is 0 Å². The molecule has 0 spiro atoms. The molecule has 2 aliphatic heterocycles. The fourth-order valence-electron chi connectivity index (χ4n) is 1.66. The van der Waals surface area contributed by atoms with E-state index in [9.17, 15) is 0 Å². The Morgan fingerprint density at radius 3 is 3.27 bits per heavy atom. The average Bonchev–Trinajstić information content (AvgIpc) is 2.85. The van der Waals surface area contributed by atoms with Gasteiger partial charge in [0.1, 0.15) is 0 Å². The van der Waals surface area contributed by atoms with E-state index in [1.807, 2.05) is 0 Å². The first-order chi connectivity index (χ1) is 7.33. The number of nitrogen functional groups attached to an aromatic ring is 1. The van der Waals surface area contributed by atoms with Crippen molar-refractivity contribution < 1.29 is 0 Å². The van der Waals surface area contributed by atoms with Crippen molar-refractivity contribution in [2.24, 2.45) is 4.99 Å². The maximum Gasteiger partial charge on any atom is 0.168 e. The first kappa shape index (κ1) is 8.78. The molecule has 0 unspecified atom stereocenters. The molecule has 0 radical (unpaired) electrons. The first-order valence-electron chi connectivity index (χ1n) is 4.66. The van der Waals surface area contributed by atoms with Crippen LogP contribution < -0.4 is 5.73 Å². The number of nitrogens with two attached hydrogens (primary N) is 1. The number of rotatable bonds is 2. The molecule has 2 N–H and O–H groups in total. The van der Waals surface area contributed by atoms with Gasteiger partial charge in [-0.15, -0.1) is 5.10 Å². The Bertz CT molecular complexity index is 448. The number of allylic oxidation sites excluding steroid dienone is 1. The molecule has 78 valence electrons. The highest BCUT2D eigenvalue weighted by Crippen LogP contribution is 2.29. The molecule has 2 aliphatic rings. The summed E-state index contributed by atoms with van der Waals surface area (Å²) in [6.45, 7) is 2.56. The van der Waals surface area contributed by atoms with Crippen molar-refractivity contribution in [2.75, 3.05) is 18.8 Å². The smallest absolute Gasteiger partial charge is 0.168 e. The zero-order chi connectivity index (χ0) is 10.3. The van der Waals surface area contributed by atoms with Gasteiger partial charge in [-0.25, -0.2) is 4.68 Å². The van der Waals surface area contributed by atoms with Crippen LogP contribution in [-0.2, 0) is 6.54 Å². The summed E-state index contributed by atoms with van der Waals surface area (Å²) in [5.41, 5.74) is 6.71. The monoisotopic (exact) mass is 222 g/mol. The number of aromatic nitrogens is 3. The Hall–Kier alpha value is -1.50. The lowest BCUT2D eigenvalue weighted by Gasteiger charge is -2.15. The van der Waals surface area contributed by atoms with Crippen molar-refractivity contribution in [1.29, 1.82) is 0 Å². The van der Waals surface area contributed by atoms with Gasteiger partial charge in [0.15, 0.2) is 11.0 Å². The van der Waals surface area contributed by atoms with Crippen molar-refractivity contribution in [3.8, 4) is 0 Å². The second-order valence-corrected chi connectivity index (χ2v) is 4.22. The van der Waals surface area contributed by atoms with Gasteiger partial charge in [0.2, 0.25) is 0 Å². The lowest BCUT2D eigenvalue weighted by molar-refractivity contribution is 0.500. The van der Waals surface area contributed by atoms with Gasteiger partial charge in [-0.2, -0.15) is 0 Å². The minimum Gasteiger partial charge on any atom is -0.381 e. The summed E-state index contributed by atoms with van der Waals surface area (Å²) in [5, 5.41) is 10.9. The van der Waals surface area contributed by atoms with Crippen LogP contribution in [0.3, 0.4) is 0 Å². The molecular formula is C8H10N6S. The second-order valence-electron chi connectivity index (χ2n) is 3.38. The summed E-state index contributed by atoms with van der Waals surface area (Å²) in [4.78, 5) is 6.59. The summed E-state index contributed by atoms with van der Waals surface area (Å²) >= 11 is 1.67. The van der Waals surface area contributed by atoms with E-state index in [-0.39, 0.29) is 0 Å². The SMILES string of the molecule is Nc1cn(CC2=CSC3=NCCN23)nn1. The van der Waals surface area contributed by atoms with E-state index in [1.165, 1.54) is 5.70 Å². The van der Waals surface area contributed by atoms with Crippen molar-refractivity contribution in [1.82, 2.24) is 19.9 Å². The third kappa shape index (κ3) is 1.48. The number of hydrogen-bond donors (Lipinski definition) is 1. The van der Waals surface area contributed by atoms with Gasteiger partial charge in [-0.1, -0.05) is 17.0 Å². The molecular weight excluding hydrogens is 212 g/mol. The molecule has 0 aromatic carbocycles. The Morgan fingerprint density at radius 2 is 2.47 bits per heavy atom. The van der Waals surface area contributed by atoms with Gasteiger partial charge in [0.05, 0.1) is 19.3 Å².